The first-order chi connectivity index (χ1) is 16.5. The number of nitrogen functional groups attached to an aromatic ring is 1. The number of aromatic nitrogens is 2. The van der Waals surface area contributed by atoms with Crippen molar-refractivity contribution in [1.29, 1.82) is 0 Å². The van der Waals surface area contributed by atoms with E-state index in [1.54, 1.807) is 11.3 Å². The number of ether oxygens (including phenoxy) is 1. The van der Waals surface area contributed by atoms with E-state index in [1.165, 1.54) is 21.5 Å². The van der Waals surface area contributed by atoms with Gasteiger partial charge < -0.3 is 15.4 Å². The van der Waals surface area contributed by atoms with Gasteiger partial charge in [-0.1, -0.05) is 36.4 Å². The molecule has 10 heteroatoms. The number of anilines is 2. The Bertz CT molecular complexity index is 1220. The summed E-state index contributed by atoms with van der Waals surface area (Å²) in [5, 5.41) is 2.04. The van der Waals surface area contributed by atoms with Crippen molar-refractivity contribution in [2.45, 2.75) is 25.4 Å². The number of aromatic amines is 1. The first kappa shape index (κ1) is 23.9. The second kappa shape index (κ2) is 10.8. The number of carbonyl (C=O) groups excluding carboxylic acids is 1. The number of carbonyl (C=O) groups is 1. The van der Waals surface area contributed by atoms with Crippen molar-refractivity contribution in [3.05, 3.63) is 79.1 Å². The number of benzene rings is 1. The number of nitrogens with one attached hydrogen (secondary N) is 1. The first-order valence-corrected chi connectivity index (χ1v) is 12.1. The van der Waals surface area contributed by atoms with E-state index in [0.717, 1.165) is 24.9 Å². The van der Waals surface area contributed by atoms with Crippen LogP contribution in [0.15, 0.2) is 57.4 Å². The van der Waals surface area contributed by atoms with E-state index < -0.39 is 11.2 Å². The van der Waals surface area contributed by atoms with Crippen molar-refractivity contribution >= 4 is 28.7 Å². The summed E-state index contributed by atoms with van der Waals surface area (Å²) in [5.74, 6) is -0.305. The Hall–Kier alpha value is -3.21. The molecule has 0 spiro atoms. The fourth-order valence-corrected chi connectivity index (χ4v) is 5.28. The Morgan fingerprint density at radius 2 is 2.03 bits per heavy atom. The van der Waals surface area contributed by atoms with Crippen LogP contribution in [0.5, 0.6) is 0 Å². The van der Waals surface area contributed by atoms with Gasteiger partial charge in [-0.2, -0.15) is 0 Å². The maximum atomic E-state index is 13.5. The lowest BCUT2D eigenvalue weighted by Gasteiger charge is -2.28. The molecule has 1 atom stereocenters. The summed E-state index contributed by atoms with van der Waals surface area (Å²) in [6.45, 7) is 1.48. The number of hydrogen-bond donors (Lipinski definition) is 2. The highest BCUT2D eigenvalue weighted by Crippen LogP contribution is 2.34. The molecule has 34 heavy (non-hydrogen) atoms. The van der Waals surface area contributed by atoms with E-state index >= 15 is 0 Å². The molecule has 0 radical (unpaired) electrons. The van der Waals surface area contributed by atoms with Gasteiger partial charge in [-0.3, -0.25) is 24.0 Å². The number of amides is 1. The van der Waals surface area contributed by atoms with E-state index in [-0.39, 0.29) is 49.7 Å². The summed E-state index contributed by atoms with van der Waals surface area (Å²) in [5.41, 5.74) is 5.87. The van der Waals surface area contributed by atoms with Crippen molar-refractivity contribution < 1.29 is 9.53 Å². The van der Waals surface area contributed by atoms with Crippen molar-refractivity contribution in [2.75, 3.05) is 44.0 Å². The fraction of sp³-hybridized carbons (Fsp3) is 0.375. The van der Waals surface area contributed by atoms with Gasteiger partial charge in [0.2, 0.25) is 5.91 Å². The Balaban J connectivity index is 1.65. The lowest BCUT2D eigenvalue weighted by Crippen LogP contribution is -2.46. The second-order valence-electron chi connectivity index (χ2n) is 8.25. The van der Waals surface area contributed by atoms with Crippen LogP contribution in [0.1, 0.15) is 29.3 Å². The summed E-state index contributed by atoms with van der Waals surface area (Å²) >= 11 is 1.68. The topological polar surface area (TPSA) is 114 Å². The van der Waals surface area contributed by atoms with Crippen molar-refractivity contribution in [3.8, 4) is 0 Å². The monoisotopic (exact) mass is 483 g/mol. The molecular weight excluding hydrogens is 454 g/mol. The van der Waals surface area contributed by atoms with Crippen LogP contribution in [-0.4, -0.2) is 53.7 Å². The molecule has 0 saturated carbocycles. The minimum atomic E-state index is -0.688. The zero-order chi connectivity index (χ0) is 24.1. The van der Waals surface area contributed by atoms with E-state index in [4.69, 9.17) is 10.5 Å². The van der Waals surface area contributed by atoms with Crippen molar-refractivity contribution in [2.24, 2.45) is 0 Å². The zero-order valence-electron chi connectivity index (χ0n) is 19.1. The van der Waals surface area contributed by atoms with Gasteiger partial charge in [0.05, 0.1) is 19.7 Å². The molecule has 1 aromatic carbocycles. The second-order valence-corrected chi connectivity index (χ2v) is 9.23. The number of hydrogen-bond acceptors (Lipinski definition) is 7. The summed E-state index contributed by atoms with van der Waals surface area (Å²) in [6, 6.07) is 13.6. The molecule has 3 N–H and O–H groups in total. The lowest BCUT2D eigenvalue weighted by molar-refractivity contribution is -0.120. The number of likely N-dealkylation sites (tertiary alicyclic amines) is 1. The molecule has 9 nitrogen and oxygen atoms in total. The number of nitrogens with zero attached hydrogens (tertiary/aromatic N) is 3. The molecule has 1 aliphatic rings. The quantitative estimate of drug-likeness (QED) is 0.482. The molecule has 3 heterocycles. The Kier molecular flexibility index (Phi) is 7.61. The smallest absolute Gasteiger partial charge is 0.330 e. The lowest BCUT2D eigenvalue weighted by atomic mass is 10.2. The van der Waals surface area contributed by atoms with Gasteiger partial charge >= 0.3 is 5.69 Å². The minimum Gasteiger partial charge on any atom is -0.383 e. The number of methoxy groups -OCH3 is 1. The highest BCUT2D eigenvalue weighted by molar-refractivity contribution is 7.10. The third-order valence-corrected chi connectivity index (χ3v) is 7.03. The average molecular weight is 484 g/mol. The van der Waals surface area contributed by atoms with Gasteiger partial charge in [-0.15, -0.1) is 11.3 Å². The average Bonchev–Trinajstić information content (AvgIpc) is 3.51. The molecule has 1 saturated heterocycles. The molecule has 3 aromatic rings. The van der Waals surface area contributed by atoms with Crippen LogP contribution in [0.25, 0.3) is 0 Å². The highest BCUT2D eigenvalue weighted by atomic mass is 32.1. The molecule has 4 rings (SSSR count). The molecule has 1 amide bonds. The van der Waals surface area contributed by atoms with Gasteiger partial charge in [-0.05, 0) is 36.4 Å². The van der Waals surface area contributed by atoms with Gasteiger partial charge in [-0.25, -0.2) is 4.79 Å². The molecule has 180 valence electrons. The number of thiophene rings is 1. The third kappa shape index (κ3) is 5.14. The largest absolute Gasteiger partial charge is 0.383 e. The van der Waals surface area contributed by atoms with Gasteiger partial charge in [0.1, 0.15) is 5.82 Å². The third-order valence-electron chi connectivity index (χ3n) is 6.06. The van der Waals surface area contributed by atoms with E-state index in [1.807, 2.05) is 41.8 Å². The number of nitrogens with two attached hydrogens (primary N) is 1. The van der Waals surface area contributed by atoms with E-state index in [9.17, 15) is 14.4 Å². The van der Waals surface area contributed by atoms with Crippen LogP contribution in [0, 0.1) is 0 Å². The molecule has 1 fully saturated rings. The normalized spacial score (nSPS) is 16.1. The SMILES string of the molecule is COCCN(C(=O)CN1CCCC1c1cccs1)c1c(N)n(Cc2ccccc2)c(=O)[nH]c1=O. The summed E-state index contributed by atoms with van der Waals surface area (Å²) < 4.78 is 6.48. The van der Waals surface area contributed by atoms with Gasteiger partial charge in [0.25, 0.3) is 5.56 Å². The fourth-order valence-electron chi connectivity index (χ4n) is 4.38. The van der Waals surface area contributed by atoms with Crippen LogP contribution >= 0.6 is 11.3 Å². The summed E-state index contributed by atoms with van der Waals surface area (Å²) in [7, 11) is 1.53. The molecule has 2 aromatic heterocycles. The van der Waals surface area contributed by atoms with Crippen LogP contribution in [0.3, 0.4) is 0 Å². The Labute approximate surface area is 201 Å². The summed E-state index contributed by atoms with van der Waals surface area (Å²) in [6.07, 6.45) is 1.98. The molecular formula is C24H29N5O4S. The number of rotatable bonds is 9. The molecule has 1 aliphatic heterocycles. The minimum absolute atomic E-state index is 0.0237. The van der Waals surface area contributed by atoms with Crippen molar-refractivity contribution in [3.63, 3.8) is 0 Å². The van der Waals surface area contributed by atoms with E-state index in [2.05, 4.69) is 16.0 Å². The predicted molar refractivity (Wildman–Crippen MR) is 133 cm³/mol. The van der Waals surface area contributed by atoms with E-state index in [0.29, 0.717) is 0 Å². The highest BCUT2D eigenvalue weighted by Gasteiger charge is 2.31. The van der Waals surface area contributed by atoms with Gasteiger partial charge in [0.15, 0.2) is 5.69 Å². The number of H-pyrrole nitrogens is 1. The summed E-state index contributed by atoms with van der Waals surface area (Å²) in [4.78, 5) is 46.0. The maximum absolute atomic E-state index is 13.5. The molecule has 0 bridgehead atoms. The maximum Gasteiger partial charge on any atom is 0.330 e. The van der Waals surface area contributed by atoms with Crippen molar-refractivity contribution in [1.82, 2.24) is 14.5 Å². The first-order valence-electron chi connectivity index (χ1n) is 11.2. The predicted octanol–water partition coefficient (Wildman–Crippen LogP) is 2.05. The van der Waals surface area contributed by atoms with Crippen LogP contribution in [0.2, 0.25) is 0 Å². The Morgan fingerprint density at radius 1 is 1.24 bits per heavy atom. The van der Waals surface area contributed by atoms with Crippen LogP contribution in [0.4, 0.5) is 11.5 Å². The molecule has 0 aliphatic carbocycles. The van der Waals surface area contributed by atoms with Crippen LogP contribution < -0.4 is 21.9 Å². The molecule has 1 unspecified atom stereocenters. The standard InChI is InChI=1S/C24H29N5O4S/c1-33-13-12-28(20(30)16-27-11-5-9-18(27)19-10-6-14-34-19)21-22(25)29(24(32)26-23(21)31)15-17-7-3-2-4-8-17/h2-4,6-8,10,14,18H,5,9,11-13,15-16,25H2,1H3,(H,26,31,32). The van der Waals surface area contributed by atoms with Gasteiger partial charge in [0, 0.05) is 24.6 Å². The van der Waals surface area contributed by atoms with Crippen LogP contribution in [-0.2, 0) is 16.1 Å². The zero-order valence-corrected chi connectivity index (χ0v) is 19.9. The Morgan fingerprint density at radius 3 is 2.74 bits per heavy atom.